The fourth-order valence-corrected chi connectivity index (χ4v) is 12.8. The van der Waals surface area contributed by atoms with Crippen LogP contribution in [0.15, 0.2) is 129 Å². The van der Waals surface area contributed by atoms with Crippen LogP contribution in [-0.2, 0) is 26.4 Å². The van der Waals surface area contributed by atoms with Crippen LogP contribution in [-0.4, -0.2) is 88.5 Å². The zero-order chi connectivity index (χ0) is 49.3. The average molecular weight is 975 g/mol. The SMILES string of the molecule is C=Cc1nc(N2CCc3cccc(C(=C)Nc4nc5ccccc5s4)c3C2)ccc1-c1cccc(CCCCN2CCN(CC3CCN(c4ccc5c(C6CCC(=C)NC6=C)nn(C)c5c4)CC3)CC2)c1C. The first-order chi connectivity index (χ1) is 35.1. The lowest BCUT2D eigenvalue weighted by Crippen LogP contribution is -2.49. The molecule has 11 rings (SSSR count). The molecule has 72 heavy (non-hydrogen) atoms. The molecule has 1 unspecified atom stereocenters. The highest BCUT2D eigenvalue weighted by molar-refractivity contribution is 7.22. The summed E-state index contributed by atoms with van der Waals surface area (Å²) in [6.45, 7) is 30.4. The zero-order valence-corrected chi connectivity index (χ0v) is 43.3. The van der Waals surface area contributed by atoms with E-state index in [2.05, 4.69) is 160 Å². The van der Waals surface area contributed by atoms with E-state index in [1.54, 1.807) is 11.3 Å². The number of rotatable bonds is 15. The van der Waals surface area contributed by atoms with Crippen molar-refractivity contribution in [1.82, 2.24) is 34.9 Å². The number of nitrogens with zero attached hydrogens (tertiary/aromatic N) is 8. The van der Waals surface area contributed by atoms with Crippen LogP contribution in [0.25, 0.3) is 44.0 Å². The maximum Gasteiger partial charge on any atom is 0.188 e. The van der Waals surface area contributed by atoms with Crippen molar-refractivity contribution in [2.45, 2.75) is 70.8 Å². The number of thiazole rings is 1. The van der Waals surface area contributed by atoms with E-state index in [0.717, 1.165) is 119 Å². The zero-order valence-electron chi connectivity index (χ0n) is 42.4. The highest BCUT2D eigenvalue weighted by Crippen LogP contribution is 2.39. The van der Waals surface area contributed by atoms with E-state index in [1.807, 2.05) is 12.1 Å². The van der Waals surface area contributed by atoms with Gasteiger partial charge in [-0.3, -0.25) is 4.68 Å². The molecule has 7 aromatic rings. The molecule has 0 radical (unpaired) electrons. The summed E-state index contributed by atoms with van der Waals surface area (Å²) in [5.74, 6) is 1.97. The molecule has 10 nitrogen and oxygen atoms in total. The van der Waals surface area contributed by atoms with Crippen LogP contribution in [0.2, 0.25) is 0 Å². The van der Waals surface area contributed by atoms with Crippen LogP contribution in [0.3, 0.4) is 0 Å². The molecular formula is C61H70N10S. The highest BCUT2D eigenvalue weighted by atomic mass is 32.1. The Bertz CT molecular complexity index is 3130. The predicted octanol–water partition coefficient (Wildman–Crippen LogP) is 12.2. The first-order valence-electron chi connectivity index (χ1n) is 26.4. The minimum atomic E-state index is 0.220. The summed E-state index contributed by atoms with van der Waals surface area (Å²) in [5.41, 5.74) is 17.5. The molecule has 1 atom stereocenters. The molecule has 0 spiro atoms. The summed E-state index contributed by atoms with van der Waals surface area (Å²) in [6.07, 6.45) is 10.8. The molecule has 3 fully saturated rings. The first kappa shape index (κ1) is 47.8. The van der Waals surface area contributed by atoms with Crippen molar-refractivity contribution in [1.29, 1.82) is 0 Å². The summed E-state index contributed by atoms with van der Waals surface area (Å²) in [6, 6.07) is 33.0. The summed E-state index contributed by atoms with van der Waals surface area (Å²) in [4.78, 5) is 20.5. The second-order valence-electron chi connectivity index (χ2n) is 20.7. The van der Waals surface area contributed by atoms with Gasteiger partial charge in [0.2, 0.25) is 0 Å². The van der Waals surface area contributed by atoms with Gasteiger partial charge in [-0.15, -0.1) is 0 Å². The lowest BCUT2D eigenvalue weighted by atomic mass is 9.90. The number of fused-ring (bicyclic) bond motifs is 3. The van der Waals surface area contributed by atoms with Crippen molar-refractivity contribution < 1.29 is 0 Å². The summed E-state index contributed by atoms with van der Waals surface area (Å²) in [7, 11) is 2.08. The first-order valence-corrected chi connectivity index (χ1v) is 27.2. The normalized spacial score (nSPS) is 18.2. The van der Waals surface area contributed by atoms with Gasteiger partial charge in [0.05, 0.1) is 27.1 Å². The fourth-order valence-electron chi connectivity index (χ4n) is 11.9. The Morgan fingerprint density at radius 1 is 0.819 bits per heavy atom. The number of hydrogen-bond donors (Lipinski definition) is 2. The van der Waals surface area contributed by atoms with Gasteiger partial charge in [-0.2, -0.15) is 5.10 Å². The number of aryl methyl sites for hydroxylation is 2. The van der Waals surface area contributed by atoms with Gasteiger partial charge < -0.3 is 30.2 Å². The van der Waals surface area contributed by atoms with Crippen LogP contribution in [0, 0.1) is 12.8 Å². The van der Waals surface area contributed by atoms with Gasteiger partial charge in [-0.25, -0.2) is 9.97 Å². The minimum absolute atomic E-state index is 0.220. The molecule has 3 aromatic heterocycles. The Morgan fingerprint density at radius 3 is 2.46 bits per heavy atom. The van der Waals surface area contributed by atoms with Gasteiger partial charge >= 0.3 is 0 Å². The second-order valence-corrected chi connectivity index (χ2v) is 21.7. The van der Waals surface area contributed by atoms with Crippen molar-refractivity contribution >= 4 is 60.9 Å². The molecule has 4 aliphatic heterocycles. The minimum Gasteiger partial charge on any atom is -0.371 e. The number of pyridine rings is 1. The monoisotopic (exact) mass is 975 g/mol. The van der Waals surface area contributed by atoms with Crippen LogP contribution in [0.1, 0.15) is 83.6 Å². The maximum atomic E-state index is 5.25. The second kappa shape index (κ2) is 20.9. The fraction of sp³-hybridized carbons (Fsp3) is 0.361. The van der Waals surface area contributed by atoms with Gasteiger partial charge in [-0.1, -0.05) is 86.2 Å². The standard InChI is InChI=1S/C61H70N10S/c1-7-55-52(25-26-59(64-55)71-33-29-47-16-13-18-50(54(47)40-71)43(4)63-61-65-56-19-8-9-20-58(56)72-61)49-17-12-15-46(42(49)3)14-10-11-30-68-34-36-69(37-35-68)39-45-27-31-70(32-28-45)48-22-24-53-57(38-48)67(6)66-60(53)51-23-21-41(2)62-44(51)5/h7-9,12-13,15-20,22,24-26,38,45,51,62H,1-2,4-5,10-11,14,21,23,27-37,39-40H2,3,6H3,(H,63,65). The summed E-state index contributed by atoms with van der Waals surface area (Å²) >= 11 is 1.66. The predicted molar refractivity (Wildman–Crippen MR) is 303 cm³/mol. The van der Waals surface area contributed by atoms with E-state index in [0.29, 0.717) is 0 Å². The molecule has 0 amide bonds. The van der Waals surface area contributed by atoms with Crippen LogP contribution in [0.4, 0.5) is 16.6 Å². The van der Waals surface area contributed by atoms with Crippen molar-refractivity contribution in [2.24, 2.45) is 13.0 Å². The molecule has 370 valence electrons. The molecular weight excluding hydrogens is 905 g/mol. The molecule has 0 saturated carbocycles. The van der Waals surface area contributed by atoms with E-state index >= 15 is 0 Å². The topological polar surface area (TPSA) is 80.6 Å². The number of anilines is 3. The number of hydrogen-bond acceptors (Lipinski definition) is 10. The number of unbranched alkanes of at least 4 members (excludes halogenated alkanes) is 1. The Hall–Kier alpha value is -6.53. The lowest BCUT2D eigenvalue weighted by Gasteiger charge is -2.39. The molecule has 0 aliphatic carbocycles. The van der Waals surface area contributed by atoms with Crippen LogP contribution in [0.5, 0.6) is 0 Å². The van der Waals surface area contributed by atoms with Gasteiger partial charge in [0.1, 0.15) is 5.82 Å². The van der Waals surface area contributed by atoms with Gasteiger partial charge in [0, 0.05) is 111 Å². The van der Waals surface area contributed by atoms with Crippen molar-refractivity contribution in [3.8, 4) is 11.1 Å². The van der Waals surface area contributed by atoms with Crippen molar-refractivity contribution in [3.05, 3.63) is 168 Å². The van der Waals surface area contributed by atoms with Crippen molar-refractivity contribution in [3.63, 3.8) is 0 Å². The summed E-state index contributed by atoms with van der Waals surface area (Å²) in [5, 5.41) is 14.0. The van der Waals surface area contributed by atoms with E-state index in [4.69, 9.17) is 15.1 Å². The molecule has 4 aromatic carbocycles. The summed E-state index contributed by atoms with van der Waals surface area (Å²) < 4.78 is 3.22. The number of aromatic nitrogens is 4. The molecule has 11 heteroatoms. The smallest absolute Gasteiger partial charge is 0.188 e. The van der Waals surface area contributed by atoms with Gasteiger partial charge in [-0.05, 0) is 147 Å². The van der Waals surface area contributed by atoms with Crippen LogP contribution >= 0.6 is 11.3 Å². The van der Waals surface area contributed by atoms with E-state index in [-0.39, 0.29) is 5.92 Å². The number of allylic oxidation sites excluding steroid dienone is 2. The molecule has 0 bridgehead atoms. The van der Waals surface area contributed by atoms with Crippen molar-refractivity contribution in [2.75, 3.05) is 74.0 Å². The Morgan fingerprint density at radius 2 is 1.64 bits per heavy atom. The maximum absolute atomic E-state index is 5.25. The third-order valence-corrected chi connectivity index (χ3v) is 17.1. The molecule has 2 N–H and O–H groups in total. The quantitative estimate of drug-likeness (QED) is 0.0977. The highest BCUT2D eigenvalue weighted by Gasteiger charge is 2.28. The number of para-hydroxylation sites is 1. The Kier molecular flexibility index (Phi) is 13.9. The van der Waals surface area contributed by atoms with E-state index in [1.165, 1.54) is 109 Å². The third-order valence-electron chi connectivity index (χ3n) is 16.1. The molecule has 4 aliphatic rings. The lowest BCUT2D eigenvalue weighted by molar-refractivity contribution is 0.111. The molecule has 7 heterocycles. The Labute approximate surface area is 430 Å². The molecule has 3 saturated heterocycles. The Balaban J connectivity index is 0.637. The average Bonchev–Trinajstić information content (AvgIpc) is 3.97. The number of benzene rings is 4. The van der Waals surface area contributed by atoms with Gasteiger partial charge in [0.25, 0.3) is 0 Å². The van der Waals surface area contributed by atoms with Crippen LogP contribution < -0.4 is 20.4 Å². The van der Waals surface area contributed by atoms with Gasteiger partial charge in [0.15, 0.2) is 5.13 Å². The largest absolute Gasteiger partial charge is 0.371 e. The van der Waals surface area contributed by atoms with E-state index in [9.17, 15) is 0 Å². The van der Waals surface area contributed by atoms with E-state index < -0.39 is 0 Å². The third kappa shape index (κ3) is 9.99. The number of piperidine rings is 2. The number of nitrogens with one attached hydrogen (secondary N) is 2. The number of piperazine rings is 1.